The van der Waals surface area contributed by atoms with Crippen LogP contribution in [0.25, 0.3) is 0 Å². The minimum atomic E-state index is -3.43. The first-order chi connectivity index (χ1) is 7.62. The van der Waals surface area contributed by atoms with E-state index in [0.29, 0.717) is 19.6 Å². The van der Waals surface area contributed by atoms with Crippen molar-refractivity contribution in [2.75, 3.05) is 19.6 Å². The molecule has 1 aromatic rings. The van der Waals surface area contributed by atoms with Crippen molar-refractivity contribution in [1.29, 1.82) is 0 Å². The summed E-state index contributed by atoms with van der Waals surface area (Å²) in [7, 11) is -3.43. The van der Waals surface area contributed by atoms with Crippen LogP contribution in [0, 0.1) is 0 Å². The Balaban J connectivity index is 2.32. The predicted octanol–water partition coefficient (Wildman–Crippen LogP) is 0.0640. The molecule has 88 valence electrons. The number of aromatic nitrogens is 1. The molecule has 2 heterocycles. The van der Waals surface area contributed by atoms with Gasteiger partial charge in [-0.25, -0.2) is 13.4 Å². The van der Waals surface area contributed by atoms with Gasteiger partial charge in [-0.1, -0.05) is 6.07 Å². The maximum atomic E-state index is 12.2. The first kappa shape index (κ1) is 11.5. The molecule has 2 rings (SSSR count). The number of rotatable bonds is 2. The molecule has 1 N–H and O–H groups in total. The van der Waals surface area contributed by atoms with Gasteiger partial charge in [0, 0.05) is 31.9 Å². The van der Waals surface area contributed by atoms with Crippen LogP contribution < -0.4 is 5.32 Å². The topological polar surface area (TPSA) is 62.3 Å². The third-order valence-electron chi connectivity index (χ3n) is 2.65. The molecule has 1 aromatic heterocycles. The molecule has 1 unspecified atom stereocenters. The van der Waals surface area contributed by atoms with Gasteiger partial charge in [0.25, 0.3) is 10.0 Å². The minimum Gasteiger partial charge on any atom is -0.314 e. The summed E-state index contributed by atoms with van der Waals surface area (Å²) < 4.78 is 26.0. The zero-order chi connectivity index (χ0) is 11.6. The zero-order valence-electron chi connectivity index (χ0n) is 9.13. The van der Waals surface area contributed by atoms with Crippen molar-refractivity contribution < 1.29 is 8.42 Å². The summed E-state index contributed by atoms with van der Waals surface area (Å²) in [6.07, 6.45) is 1.50. The quantitative estimate of drug-likeness (QED) is 0.795. The summed E-state index contributed by atoms with van der Waals surface area (Å²) >= 11 is 0. The summed E-state index contributed by atoms with van der Waals surface area (Å²) in [4.78, 5) is 3.91. The molecule has 1 fully saturated rings. The smallest absolute Gasteiger partial charge is 0.260 e. The molecule has 1 aliphatic rings. The van der Waals surface area contributed by atoms with E-state index in [0.717, 1.165) is 0 Å². The van der Waals surface area contributed by atoms with Gasteiger partial charge in [0.05, 0.1) is 0 Å². The van der Waals surface area contributed by atoms with E-state index in [1.165, 1.54) is 16.6 Å². The highest BCUT2D eigenvalue weighted by atomic mass is 32.2. The molecule has 1 atom stereocenters. The average Bonchev–Trinajstić information content (AvgIpc) is 2.30. The molecule has 0 amide bonds. The van der Waals surface area contributed by atoms with E-state index in [9.17, 15) is 8.42 Å². The third-order valence-corrected chi connectivity index (χ3v) is 4.58. The van der Waals surface area contributed by atoms with E-state index in [4.69, 9.17) is 0 Å². The van der Waals surface area contributed by atoms with Gasteiger partial charge >= 0.3 is 0 Å². The SMILES string of the molecule is CC1CNCCN1S(=O)(=O)c1ccccn1. The second kappa shape index (κ2) is 4.48. The average molecular weight is 241 g/mol. The maximum absolute atomic E-state index is 12.2. The summed E-state index contributed by atoms with van der Waals surface area (Å²) in [5.74, 6) is 0. The highest BCUT2D eigenvalue weighted by Gasteiger charge is 2.31. The normalized spacial score (nSPS) is 23.2. The Kier molecular flexibility index (Phi) is 3.22. The van der Waals surface area contributed by atoms with Crippen molar-refractivity contribution >= 4 is 10.0 Å². The van der Waals surface area contributed by atoms with E-state index in [1.54, 1.807) is 12.1 Å². The lowest BCUT2D eigenvalue weighted by Gasteiger charge is -2.32. The first-order valence-corrected chi connectivity index (χ1v) is 6.70. The van der Waals surface area contributed by atoms with Crippen molar-refractivity contribution in [3.63, 3.8) is 0 Å². The Bertz CT molecular complexity index is 446. The number of piperazine rings is 1. The molecule has 1 aliphatic heterocycles. The first-order valence-electron chi connectivity index (χ1n) is 5.26. The van der Waals surface area contributed by atoms with E-state index in [-0.39, 0.29) is 11.1 Å². The molecule has 5 nitrogen and oxygen atoms in total. The van der Waals surface area contributed by atoms with Crippen LogP contribution in [0.5, 0.6) is 0 Å². The van der Waals surface area contributed by atoms with Crippen LogP contribution in [-0.2, 0) is 10.0 Å². The van der Waals surface area contributed by atoms with E-state index >= 15 is 0 Å². The lowest BCUT2D eigenvalue weighted by atomic mass is 10.3. The maximum Gasteiger partial charge on any atom is 0.260 e. The van der Waals surface area contributed by atoms with Gasteiger partial charge in [-0.15, -0.1) is 0 Å². The lowest BCUT2D eigenvalue weighted by Crippen LogP contribution is -2.52. The minimum absolute atomic E-state index is 0.0271. The Labute approximate surface area is 95.5 Å². The van der Waals surface area contributed by atoms with Crippen LogP contribution in [0.3, 0.4) is 0 Å². The van der Waals surface area contributed by atoms with Crippen molar-refractivity contribution in [3.8, 4) is 0 Å². The highest BCUT2D eigenvalue weighted by Crippen LogP contribution is 2.16. The fraction of sp³-hybridized carbons (Fsp3) is 0.500. The van der Waals surface area contributed by atoms with Crippen LogP contribution in [0.4, 0.5) is 0 Å². The van der Waals surface area contributed by atoms with Gasteiger partial charge in [-0.2, -0.15) is 4.31 Å². The molecule has 0 aromatic carbocycles. The Morgan fingerprint density at radius 3 is 2.94 bits per heavy atom. The standard InChI is InChI=1S/C10H15N3O2S/c1-9-8-11-6-7-13(9)16(14,15)10-4-2-3-5-12-10/h2-5,9,11H,6-8H2,1H3. The molecule has 1 saturated heterocycles. The molecular formula is C10H15N3O2S. The molecule has 6 heteroatoms. The van der Waals surface area contributed by atoms with Crippen molar-refractivity contribution in [2.24, 2.45) is 0 Å². The number of hydrogen-bond acceptors (Lipinski definition) is 4. The van der Waals surface area contributed by atoms with Crippen LogP contribution in [0.2, 0.25) is 0 Å². The lowest BCUT2D eigenvalue weighted by molar-refractivity contribution is 0.283. The summed E-state index contributed by atoms with van der Waals surface area (Å²) in [6, 6.07) is 4.90. The zero-order valence-corrected chi connectivity index (χ0v) is 9.94. The van der Waals surface area contributed by atoms with Crippen molar-refractivity contribution in [3.05, 3.63) is 24.4 Å². The van der Waals surface area contributed by atoms with Crippen LogP contribution in [0.15, 0.2) is 29.4 Å². The predicted molar refractivity (Wildman–Crippen MR) is 60.5 cm³/mol. The van der Waals surface area contributed by atoms with E-state index in [2.05, 4.69) is 10.3 Å². The summed E-state index contributed by atoms with van der Waals surface area (Å²) in [6.45, 7) is 3.77. The number of hydrogen-bond donors (Lipinski definition) is 1. The molecule has 0 bridgehead atoms. The van der Waals surface area contributed by atoms with E-state index < -0.39 is 10.0 Å². The molecule has 0 aliphatic carbocycles. The number of sulfonamides is 1. The van der Waals surface area contributed by atoms with Gasteiger partial charge in [0.15, 0.2) is 5.03 Å². The van der Waals surface area contributed by atoms with Crippen LogP contribution >= 0.6 is 0 Å². The van der Waals surface area contributed by atoms with Crippen molar-refractivity contribution in [1.82, 2.24) is 14.6 Å². The van der Waals surface area contributed by atoms with Crippen molar-refractivity contribution in [2.45, 2.75) is 18.0 Å². The summed E-state index contributed by atoms with van der Waals surface area (Å²) in [5.41, 5.74) is 0. The fourth-order valence-corrected chi connectivity index (χ4v) is 3.36. The Morgan fingerprint density at radius 1 is 1.50 bits per heavy atom. The van der Waals surface area contributed by atoms with Gasteiger partial charge < -0.3 is 5.32 Å². The monoisotopic (exact) mass is 241 g/mol. The number of nitrogens with one attached hydrogen (secondary N) is 1. The largest absolute Gasteiger partial charge is 0.314 e. The molecule has 16 heavy (non-hydrogen) atoms. The molecule has 0 spiro atoms. The highest BCUT2D eigenvalue weighted by molar-refractivity contribution is 7.89. The molecule has 0 radical (unpaired) electrons. The molecular weight excluding hydrogens is 226 g/mol. The van der Waals surface area contributed by atoms with Crippen LogP contribution in [-0.4, -0.2) is 43.4 Å². The molecule has 0 saturated carbocycles. The Hall–Kier alpha value is -0.980. The second-order valence-corrected chi connectivity index (χ2v) is 5.67. The van der Waals surface area contributed by atoms with E-state index in [1.807, 2.05) is 6.92 Å². The summed E-state index contributed by atoms with van der Waals surface area (Å²) in [5, 5.41) is 3.29. The fourth-order valence-electron chi connectivity index (χ4n) is 1.80. The third kappa shape index (κ3) is 2.09. The number of nitrogens with zero attached hydrogens (tertiary/aromatic N) is 2. The van der Waals surface area contributed by atoms with Gasteiger partial charge in [0.1, 0.15) is 0 Å². The van der Waals surface area contributed by atoms with Gasteiger partial charge in [-0.05, 0) is 19.1 Å². The second-order valence-electron chi connectivity index (χ2n) is 3.84. The van der Waals surface area contributed by atoms with Gasteiger partial charge in [0.2, 0.25) is 0 Å². The van der Waals surface area contributed by atoms with Gasteiger partial charge in [-0.3, -0.25) is 0 Å². The Morgan fingerprint density at radius 2 is 2.31 bits per heavy atom. The number of pyridine rings is 1. The van der Waals surface area contributed by atoms with Crippen LogP contribution in [0.1, 0.15) is 6.92 Å².